The molecule has 1 saturated carbocycles. The van der Waals surface area contributed by atoms with E-state index in [9.17, 15) is 9.59 Å². The maximum absolute atomic E-state index is 12.6. The lowest BCUT2D eigenvalue weighted by Crippen LogP contribution is -2.36. The molecule has 0 unspecified atom stereocenters. The van der Waals surface area contributed by atoms with Crippen molar-refractivity contribution in [3.8, 4) is 0 Å². The van der Waals surface area contributed by atoms with E-state index in [2.05, 4.69) is 11.9 Å². The van der Waals surface area contributed by atoms with Gasteiger partial charge in [-0.15, -0.1) is 0 Å². The Labute approximate surface area is 125 Å². The second-order valence-electron chi connectivity index (χ2n) is 5.30. The van der Waals surface area contributed by atoms with Gasteiger partial charge < -0.3 is 9.64 Å². The van der Waals surface area contributed by atoms with Crippen LogP contribution in [0.1, 0.15) is 38.3 Å². The van der Waals surface area contributed by atoms with Gasteiger partial charge in [-0.2, -0.15) is 0 Å². The summed E-state index contributed by atoms with van der Waals surface area (Å²) in [5.41, 5.74) is 1.08. The van der Waals surface area contributed by atoms with Crippen molar-refractivity contribution in [1.29, 1.82) is 0 Å². The fraction of sp³-hybridized carbons (Fsp3) is 0.562. The molecule has 1 fully saturated rings. The van der Waals surface area contributed by atoms with Crippen LogP contribution in [0.2, 0.25) is 0 Å². The summed E-state index contributed by atoms with van der Waals surface area (Å²) in [6.45, 7) is 4.66. The van der Waals surface area contributed by atoms with E-state index in [1.54, 1.807) is 12.4 Å². The number of amides is 1. The molecule has 5 nitrogen and oxygen atoms in total. The molecule has 0 N–H and O–H groups in total. The first-order chi connectivity index (χ1) is 10.1. The number of rotatable bonds is 6. The Morgan fingerprint density at radius 3 is 2.52 bits per heavy atom. The normalized spacial score (nSPS) is 21.5. The van der Waals surface area contributed by atoms with Gasteiger partial charge in [0.15, 0.2) is 0 Å². The van der Waals surface area contributed by atoms with E-state index in [0.29, 0.717) is 13.0 Å². The summed E-state index contributed by atoms with van der Waals surface area (Å²) in [5.74, 6) is -0.697. The molecule has 1 aromatic rings. The summed E-state index contributed by atoms with van der Waals surface area (Å²) in [7, 11) is 1.37. The molecule has 1 aliphatic carbocycles. The minimum Gasteiger partial charge on any atom is -0.469 e. The van der Waals surface area contributed by atoms with Crippen LogP contribution in [0.5, 0.6) is 0 Å². The van der Waals surface area contributed by atoms with E-state index < -0.39 is 0 Å². The van der Waals surface area contributed by atoms with Gasteiger partial charge in [-0.3, -0.25) is 14.6 Å². The quantitative estimate of drug-likeness (QED) is 0.754. The maximum atomic E-state index is 12.6. The first kappa shape index (κ1) is 15.5. The number of aromatic nitrogens is 1. The summed E-state index contributed by atoms with van der Waals surface area (Å²) >= 11 is 0. The zero-order valence-corrected chi connectivity index (χ0v) is 12.8. The lowest BCUT2D eigenvalue weighted by atomic mass is 10.0. The van der Waals surface area contributed by atoms with Crippen molar-refractivity contribution in [2.75, 3.05) is 13.7 Å². The van der Waals surface area contributed by atoms with E-state index in [4.69, 9.17) is 4.74 Å². The fourth-order valence-electron chi connectivity index (χ4n) is 2.84. The van der Waals surface area contributed by atoms with Gasteiger partial charge in [0.2, 0.25) is 5.91 Å². The van der Waals surface area contributed by atoms with E-state index >= 15 is 0 Å². The maximum Gasteiger partial charge on any atom is 0.309 e. The lowest BCUT2D eigenvalue weighted by Gasteiger charge is -2.30. The molecule has 1 aliphatic rings. The van der Waals surface area contributed by atoms with Crippen LogP contribution < -0.4 is 0 Å². The minimum atomic E-state index is -0.277. The molecule has 1 heterocycles. The Balaban J connectivity index is 2.12. The molecule has 1 aromatic heterocycles. The van der Waals surface area contributed by atoms with Crippen LogP contribution in [-0.2, 0) is 14.3 Å². The van der Waals surface area contributed by atoms with Crippen LogP contribution in [0.15, 0.2) is 24.5 Å². The summed E-state index contributed by atoms with van der Waals surface area (Å²) in [5, 5.41) is 0. The third-order valence-electron chi connectivity index (χ3n) is 4.09. The SMILES string of the molecule is CC[C@H](c1ccncc1)N(CC)C(=O)[C@@H]1C[C@H]1C(=O)OC. The average molecular weight is 290 g/mol. The molecule has 0 aliphatic heterocycles. The number of pyridine rings is 1. The van der Waals surface area contributed by atoms with E-state index in [0.717, 1.165) is 12.0 Å². The Bertz CT molecular complexity index is 504. The topological polar surface area (TPSA) is 59.5 Å². The molecule has 5 heteroatoms. The number of ether oxygens (including phenoxy) is 1. The summed E-state index contributed by atoms with van der Waals surface area (Å²) in [6.07, 6.45) is 4.92. The van der Waals surface area contributed by atoms with Gasteiger partial charge in [0.05, 0.1) is 25.0 Å². The lowest BCUT2D eigenvalue weighted by molar-refractivity contribution is -0.145. The highest BCUT2D eigenvalue weighted by Crippen LogP contribution is 2.42. The number of hydrogen-bond acceptors (Lipinski definition) is 4. The van der Waals surface area contributed by atoms with Crippen molar-refractivity contribution in [2.45, 2.75) is 32.7 Å². The van der Waals surface area contributed by atoms with Crippen LogP contribution in [0.25, 0.3) is 0 Å². The van der Waals surface area contributed by atoms with Crippen molar-refractivity contribution in [3.05, 3.63) is 30.1 Å². The molecular formula is C16H22N2O3. The highest BCUT2D eigenvalue weighted by atomic mass is 16.5. The Kier molecular flexibility index (Phi) is 4.94. The third kappa shape index (κ3) is 3.23. The van der Waals surface area contributed by atoms with E-state index in [1.807, 2.05) is 24.0 Å². The predicted octanol–water partition coefficient (Wildman–Crippen LogP) is 2.19. The summed E-state index contributed by atoms with van der Waals surface area (Å²) < 4.78 is 4.72. The Hall–Kier alpha value is -1.91. The van der Waals surface area contributed by atoms with Gasteiger partial charge in [0.25, 0.3) is 0 Å². The molecule has 21 heavy (non-hydrogen) atoms. The van der Waals surface area contributed by atoms with Gasteiger partial charge in [0, 0.05) is 18.9 Å². The van der Waals surface area contributed by atoms with Crippen LogP contribution in [0, 0.1) is 11.8 Å². The number of nitrogens with zero attached hydrogens (tertiary/aromatic N) is 2. The molecule has 0 radical (unpaired) electrons. The second kappa shape index (κ2) is 6.70. The van der Waals surface area contributed by atoms with Crippen molar-refractivity contribution in [1.82, 2.24) is 9.88 Å². The first-order valence-electron chi connectivity index (χ1n) is 7.42. The molecule has 0 aromatic carbocycles. The zero-order chi connectivity index (χ0) is 15.4. The number of methoxy groups -OCH3 is 1. The molecule has 0 bridgehead atoms. The van der Waals surface area contributed by atoms with E-state index in [1.165, 1.54) is 7.11 Å². The highest BCUT2D eigenvalue weighted by molar-refractivity contribution is 5.90. The van der Waals surface area contributed by atoms with Crippen LogP contribution in [0.3, 0.4) is 0 Å². The predicted molar refractivity (Wildman–Crippen MR) is 78.3 cm³/mol. The highest BCUT2D eigenvalue weighted by Gasteiger charge is 2.50. The number of carbonyl (C=O) groups is 2. The molecular weight excluding hydrogens is 268 g/mol. The van der Waals surface area contributed by atoms with Gasteiger partial charge in [-0.1, -0.05) is 6.92 Å². The van der Waals surface area contributed by atoms with Crippen molar-refractivity contribution >= 4 is 11.9 Å². The smallest absolute Gasteiger partial charge is 0.309 e. The van der Waals surface area contributed by atoms with Crippen LogP contribution >= 0.6 is 0 Å². The Morgan fingerprint density at radius 1 is 1.33 bits per heavy atom. The number of hydrogen-bond donors (Lipinski definition) is 0. The van der Waals surface area contributed by atoms with Gasteiger partial charge >= 0.3 is 5.97 Å². The molecule has 3 atom stereocenters. The van der Waals surface area contributed by atoms with E-state index in [-0.39, 0.29) is 29.8 Å². The number of carbonyl (C=O) groups excluding carboxylic acids is 2. The van der Waals surface area contributed by atoms with Gasteiger partial charge in [-0.05, 0) is 37.5 Å². The fourth-order valence-corrected chi connectivity index (χ4v) is 2.84. The standard InChI is InChI=1S/C16H22N2O3/c1-4-14(11-6-8-17-9-7-11)18(5-2)15(19)12-10-13(12)16(20)21-3/h6-9,12-14H,4-5,10H2,1-3H3/t12-,13-,14-/m1/s1. The second-order valence-corrected chi connectivity index (χ2v) is 5.30. The third-order valence-corrected chi connectivity index (χ3v) is 4.09. The molecule has 0 saturated heterocycles. The largest absolute Gasteiger partial charge is 0.469 e. The van der Waals surface area contributed by atoms with Crippen LogP contribution in [-0.4, -0.2) is 35.4 Å². The first-order valence-corrected chi connectivity index (χ1v) is 7.42. The zero-order valence-electron chi connectivity index (χ0n) is 12.8. The minimum absolute atomic E-state index is 0.0318. The average Bonchev–Trinajstić information content (AvgIpc) is 3.32. The molecule has 114 valence electrons. The van der Waals surface area contributed by atoms with Gasteiger partial charge in [-0.25, -0.2) is 0 Å². The number of esters is 1. The van der Waals surface area contributed by atoms with Crippen molar-refractivity contribution < 1.29 is 14.3 Å². The van der Waals surface area contributed by atoms with Crippen molar-refractivity contribution in [3.63, 3.8) is 0 Å². The summed E-state index contributed by atoms with van der Waals surface area (Å²) in [6, 6.07) is 3.91. The Morgan fingerprint density at radius 2 is 2.00 bits per heavy atom. The van der Waals surface area contributed by atoms with Crippen LogP contribution in [0.4, 0.5) is 0 Å². The van der Waals surface area contributed by atoms with Gasteiger partial charge in [0.1, 0.15) is 0 Å². The summed E-state index contributed by atoms with van der Waals surface area (Å²) in [4.78, 5) is 30.0. The molecule has 0 spiro atoms. The molecule has 1 amide bonds. The van der Waals surface area contributed by atoms with Crippen molar-refractivity contribution in [2.24, 2.45) is 11.8 Å². The monoisotopic (exact) mass is 290 g/mol. The molecule has 2 rings (SSSR count).